The number of Topliss-reactive ketones (excluding diaryl/α,β-unsaturated/α-hetero) is 1. The number of hydrogen-bond donors (Lipinski definition) is 0. The summed E-state index contributed by atoms with van der Waals surface area (Å²) in [6, 6.07) is 9.38. The van der Waals surface area contributed by atoms with Crippen LogP contribution in [0.3, 0.4) is 0 Å². The lowest BCUT2D eigenvalue weighted by molar-refractivity contribution is -0.151. The van der Waals surface area contributed by atoms with Gasteiger partial charge in [-0.05, 0) is 18.9 Å². The summed E-state index contributed by atoms with van der Waals surface area (Å²) >= 11 is 0. The lowest BCUT2D eigenvalue weighted by Gasteiger charge is -2.19. The van der Waals surface area contributed by atoms with E-state index in [4.69, 9.17) is 9.47 Å². The molecule has 6 nitrogen and oxygen atoms in total. The normalized spacial score (nSPS) is 18.2. The van der Waals surface area contributed by atoms with E-state index in [1.165, 1.54) is 4.90 Å². The van der Waals surface area contributed by atoms with Crippen molar-refractivity contribution >= 4 is 17.8 Å². The summed E-state index contributed by atoms with van der Waals surface area (Å²) in [5, 5.41) is 0. The van der Waals surface area contributed by atoms with Gasteiger partial charge in [0.25, 0.3) is 0 Å². The molecule has 0 radical (unpaired) electrons. The molecule has 0 aliphatic carbocycles. The molecular formula is C17H21NO5. The molecule has 1 saturated heterocycles. The summed E-state index contributed by atoms with van der Waals surface area (Å²) in [6.45, 7) is 2.70. The molecule has 1 aromatic rings. The number of benzene rings is 1. The number of nitrogens with zero attached hydrogens (tertiary/aromatic N) is 1. The van der Waals surface area contributed by atoms with Crippen LogP contribution in [0.2, 0.25) is 0 Å². The van der Waals surface area contributed by atoms with Crippen LogP contribution in [0.15, 0.2) is 30.3 Å². The molecule has 1 amide bonds. The molecular weight excluding hydrogens is 298 g/mol. The summed E-state index contributed by atoms with van der Waals surface area (Å²) in [6.07, 6.45) is -0.0478. The minimum absolute atomic E-state index is 0.143. The van der Waals surface area contributed by atoms with Crippen molar-refractivity contribution in [1.29, 1.82) is 0 Å². The molecule has 1 aliphatic heterocycles. The van der Waals surface area contributed by atoms with Gasteiger partial charge in [-0.1, -0.05) is 30.3 Å². The standard InChI is InChI=1S/C17H21NO5/c1-2-22-16(20)14-8-10-18(11-9-15(14)19)17(21)23-12-13-6-4-3-5-7-13/h3-7,14H,2,8-12H2,1H3/t14-/m1/s1. The highest BCUT2D eigenvalue weighted by molar-refractivity contribution is 5.99. The third-order valence-corrected chi connectivity index (χ3v) is 3.74. The molecule has 6 heteroatoms. The molecule has 0 bridgehead atoms. The Morgan fingerprint density at radius 1 is 1.17 bits per heavy atom. The Bertz CT molecular complexity index is 557. The second-order valence-corrected chi connectivity index (χ2v) is 5.34. The molecule has 0 N–H and O–H groups in total. The molecule has 23 heavy (non-hydrogen) atoms. The third-order valence-electron chi connectivity index (χ3n) is 3.74. The fraction of sp³-hybridized carbons (Fsp3) is 0.471. The number of ketones is 1. The van der Waals surface area contributed by atoms with Gasteiger partial charge in [-0.2, -0.15) is 0 Å². The molecule has 0 saturated carbocycles. The monoisotopic (exact) mass is 319 g/mol. The molecule has 1 aliphatic rings. The summed E-state index contributed by atoms with van der Waals surface area (Å²) in [5.41, 5.74) is 0.899. The van der Waals surface area contributed by atoms with Gasteiger partial charge < -0.3 is 14.4 Å². The Morgan fingerprint density at radius 2 is 1.91 bits per heavy atom. The Morgan fingerprint density at radius 3 is 2.61 bits per heavy atom. The van der Waals surface area contributed by atoms with Gasteiger partial charge in [0.15, 0.2) is 0 Å². The van der Waals surface area contributed by atoms with E-state index >= 15 is 0 Å². The summed E-state index contributed by atoms with van der Waals surface area (Å²) < 4.78 is 10.2. The van der Waals surface area contributed by atoms with Crippen LogP contribution in [0.5, 0.6) is 0 Å². The molecule has 0 aromatic heterocycles. The van der Waals surface area contributed by atoms with Crippen LogP contribution < -0.4 is 0 Å². The highest BCUT2D eigenvalue weighted by atomic mass is 16.6. The van der Waals surface area contributed by atoms with E-state index < -0.39 is 18.0 Å². The molecule has 0 spiro atoms. The Hall–Kier alpha value is -2.37. The lowest BCUT2D eigenvalue weighted by atomic mass is 10.00. The van der Waals surface area contributed by atoms with Gasteiger partial charge in [0.2, 0.25) is 0 Å². The minimum Gasteiger partial charge on any atom is -0.465 e. The van der Waals surface area contributed by atoms with Gasteiger partial charge in [-0.15, -0.1) is 0 Å². The molecule has 124 valence electrons. The maximum atomic E-state index is 12.1. The van der Waals surface area contributed by atoms with Crippen LogP contribution in [0.1, 0.15) is 25.3 Å². The van der Waals surface area contributed by atoms with Gasteiger partial charge in [-0.3, -0.25) is 9.59 Å². The largest absolute Gasteiger partial charge is 0.465 e. The van der Waals surface area contributed by atoms with Crippen molar-refractivity contribution in [2.24, 2.45) is 5.92 Å². The Kier molecular flexibility index (Phi) is 6.14. The highest BCUT2D eigenvalue weighted by Crippen LogP contribution is 2.17. The average Bonchev–Trinajstić information content (AvgIpc) is 2.76. The quantitative estimate of drug-likeness (QED) is 0.628. The molecule has 2 rings (SSSR count). The fourth-order valence-electron chi connectivity index (χ4n) is 2.46. The molecule has 1 atom stereocenters. The minimum atomic E-state index is -0.776. The van der Waals surface area contributed by atoms with Gasteiger partial charge >= 0.3 is 12.1 Å². The van der Waals surface area contributed by atoms with Crippen LogP contribution in [0, 0.1) is 5.92 Å². The highest BCUT2D eigenvalue weighted by Gasteiger charge is 2.32. The Balaban J connectivity index is 1.87. The number of ether oxygens (including phenoxy) is 2. The van der Waals surface area contributed by atoms with Crippen molar-refractivity contribution in [2.45, 2.75) is 26.4 Å². The van der Waals surface area contributed by atoms with Crippen molar-refractivity contribution in [1.82, 2.24) is 4.90 Å². The third kappa shape index (κ3) is 4.81. The number of amides is 1. The zero-order valence-corrected chi connectivity index (χ0v) is 13.2. The van der Waals surface area contributed by atoms with Crippen molar-refractivity contribution < 1.29 is 23.9 Å². The number of likely N-dealkylation sites (tertiary alicyclic amines) is 1. The second kappa shape index (κ2) is 8.31. The summed E-state index contributed by atoms with van der Waals surface area (Å²) in [4.78, 5) is 37.4. The van der Waals surface area contributed by atoms with E-state index in [0.29, 0.717) is 6.54 Å². The van der Waals surface area contributed by atoms with Gasteiger partial charge in [0.05, 0.1) is 6.61 Å². The average molecular weight is 319 g/mol. The van der Waals surface area contributed by atoms with Crippen LogP contribution in [-0.4, -0.2) is 42.4 Å². The molecule has 1 heterocycles. The van der Waals surface area contributed by atoms with E-state index in [1.807, 2.05) is 30.3 Å². The zero-order valence-electron chi connectivity index (χ0n) is 13.2. The van der Waals surface area contributed by atoms with E-state index in [2.05, 4.69) is 0 Å². The van der Waals surface area contributed by atoms with Gasteiger partial charge in [0, 0.05) is 19.5 Å². The first-order valence-corrected chi connectivity index (χ1v) is 7.76. The maximum absolute atomic E-state index is 12.1. The topological polar surface area (TPSA) is 72.9 Å². The van der Waals surface area contributed by atoms with Crippen molar-refractivity contribution in [3.05, 3.63) is 35.9 Å². The summed E-state index contributed by atoms with van der Waals surface area (Å²) in [5.74, 6) is -1.46. The van der Waals surface area contributed by atoms with Crippen molar-refractivity contribution in [3.8, 4) is 0 Å². The fourth-order valence-corrected chi connectivity index (χ4v) is 2.46. The molecule has 1 fully saturated rings. The predicted octanol–water partition coefficient (Wildman–Crippen LogP) is 2.17. The molecule has 1 aromatic carbocycles. The van der Waals surface area contributed by atoms with Gasteiger partial charge in [0.1, 0.15) is 18.3 Å². The molecule has 0 unspecified atom stereocenters. The number of rotatable bonds is 4. The smallest absolute Gasteiger partial charge is 0.410 e. The number of esters is 1. The van der Waals surface area contributed by atoms with E-state index in [9.17, 15) is 14.4 Å². The summed E-state index contributed by atoms with van der Waals surface area (Å²) in [7, 11) is 0. The first-order valence-electron chi connectivity index (χ1n) is 7.76. The van der Waals surface area contributed by atoms with Crippen molar-refractivity contribution in [3.63, 3.8) is 0 Å². The van der Waals surface area contributed by atoms with Gasteiger partial charge in [-0.25, -0.2) is 4.79 Å². The van der Waals surface area contributed by atoms with Crippen LogP contribution in [-0.2, 0) is 25.7 Å². The maximum Gasteiger partial charge on any atom is 0.410 e. The van der Waals surface area contributed by atoms with E-state index in [1.54, 1.807) is 6.92 Å². The number of carbonyl (C=O) groups excluding carboxylic acids is 3. The predicted molar refractivity (Wildman–Crippen MR) is 82.6 cm³/mol. The Labute approximate surface area is 135 Å². The lowest BCUT2D eigenvalue weighted by Crippen LogP contribution is -2.32. The first-order chi connectivity index (χ1) is 11.1. The van der Waals surface area contributed by atoms with Crippen LogP contribution in [0.4, 0.5) is 4.79 Å². The zero-order chi connectivity index (χ0) is 16.7. The number of hydrogen-bond acceptors (Lipinski definition) is 5. The second-order valence-electron chi connectivity index (χ2n) is 5.34. The van der Waals surface area contributed by atoms with E-state index in [0.717, 1.165) is 5.56 Å². The van der Waals surface area contributed by atoms with Crippen molar-refractivity contribution in [2.75, 3.05) is 19.7 Å². The van der Waals surface area contributed by atoms with E-state index in [-0.39, 0.29) is 38.4 Å². The van der Waals surface area contributed by atoms with Crippen LogP contribution >= 0.6 is 0 Å². The van der Waals surface area contributed by atoms with Crippen LogP contribution in [0.25, 0.3) is 0 Å². The SMILES string of the molecule is CCOC(=O)[C@@H]1CCN(C(=O)OCc2ccccc2)CCC1=O. The number of carbonyl (C=O) groups is 3. The first kappa shape index (κ1) is 17.0.